The van der Waals surface area contributed by atoms with E-state index in [-0.39, 0.29) is 12.6 Å². The number of aromatic nitrogens is 2. The van der Waals surface area contributed by atoms with Crippen molar-refractivity contribution in [3.8, 4) is 23.1 Å². The molecule has 0 fully saturated rings. The summed E-state index contributed by atoms with van der Waals surface area (Å²) >= 11 is 1.48. The van der Waals surface area contributed by atoms with Gasteiger partial charge in [0.15, 0.2) is 0 Å². The Morgan fingerprint density at radius 3 is 2.17 bits per heavy atom. The predicted molar refractivity (Wildman–Crippen MR) is 136 cm³/mol. The van der Waals surface area contributed by atoms with Gasteiger partial charge in [-0.25, -0.2) is 9.97 Å². The highest BCUT2D eigenvalue weighted by Crippen LogP contribution is 2.29. The summed E-state index contributed by atoms with van der Waals surface area (Å²) in [4.78, 5) is 8.62. The van der Waals surface area contributed by atoms with Gasteiger partial charge in [0.1, 0.15) is 23.2 Å². The van der Waals surface area contributed by atoms with Crippen molar-refractivity contribution in [1.82, 2.24) is 9.97 Å². The highest BCUT2D eigenvalue weighted by atomic mass is 32.1. The van der Waals surface area contributed by atoms with Gasteiger partial charge < -0.3 is 10.5 Å². The van der Waals surface area contributed by atoms with E-state index in [1.165, 1.54) is 11.3 Å². The standard InChI is InChI=1S/C18H16N4OS.C11H4/c1-12(20)16-11-24-17(22-16)10-23-18-15(9-19)14(7-8-21-18)13-5-3-2-4-6-13;1-3-5-7-9-11-10-8-6-4-2/h2-8,11-12H,10,20H2,1H3;1-2H2/t12-;/m1./s1. The molecule has 0 aliphatic carbocycles. The normalized spacial score (nSPS) is 9.17. The Kier molecular flexibility index (Phi) is 11.2. The first-order valence-corrected chi connectivity index (χ1v) is 11.0. The Morgan fingerprint density at radius 2 is 1.63 bits per heavy atom. The number of rotatable bonds is 5. The summed E-state index contributed by atoms with van der Waals surface area (Å²) in [6.45, 7) is 8.70. The lowest BCUT2D eigenvalue weighted by Gasteiger charge is -2.09. The Morgan fingerprint density at radius 1 is 1.00 bits per heavy atom. The smallest absolute Gasteiger partial charge is 0.232 e. The zero-order valence-corrected chi connectivity index (χ0v) is 19.9. The van der Waals surface area contributed by atoms with Gasteiger partial charge in [0.05, 0.1) is 5.69 Å². The number of hydrogen-bond acceptors (Lipinski definition) is 6. The lowest BCUT2D eigenvalue weighted by atomic mass is 10.0. The molecule has 6 heteroatoms. The van der Waals surface area contributed by atoms with Crippen LogP contribution in [0.1, 0.15) is 29.2 Å². The summed E-state index contributed by atoms with van der Waals surface area (Å²) < 4.78 is 5.74. The van der Waals surface area contributed by atoms with Gasteiger partial charge in [-0.05, 0) is 71.8 Å². The minimum atomic E-state index is -0.107. The summed E-state index contributed by atoms with van der Waals surface area (Å²) in [6, 6.07) is 13.6. The SMILES string of the molecule is C=C=C=C=C=C=C=C=C=C=C.C[C@@H](N)c1csc(COc2nccc(-c3ccccc3)c2C#N)n1. The molecule has 0 amide bonds. The zero-order chi connectivity index (χ0) is 25.3. The van der Waals surface area contributed by atoms with Crippen LogP contribution in [-0.2, 0) is 6.61 Å². The second-order valence-electron chi connectivity index (χ2n) is 6.49. The third-order valence-corrected chi connectivity index (χ3v) is 4.87. The summed E-state index contributed by atoms with van der Waals surface area (Å²) in [7, 11) is 0. The van der Waals surface area contributed by atoms with Crippen LogP contribution in [0.5, 0.6) is 5.88 Å². The average Bonchev–Trinajstić information content (AvgIpc) is 3.37. The molecule has 2 N–H and O–H groups in total. The second-order valence-corrected chi connectivity index (χ2v) is 7.43. The maximum Gasteiger partial charge on any atom is 0.232 e. The van der Waals surface area contributed by atoms with E-state index in [2.05, 4.69) is 80.8 Å². The molecule has 0 bridgehead atoms. The molecular formula is C29H20N4OS. The summed E-state index contributed by atoms with van der Waals surface area (Å²) in [5.41, 5.74) is 30.8. The number of nitriles is 1. The van der Waals surface area contributed by atoms with Gasteiger partial charge in [0.25, 0.3) is 0 Å². The molecular weight excluding hydrogens is 452 g/mol. The number of hydrogen-bond donors (Lipinski definition) is 1. The van der Waals surface area contributed by atoms with Crippen molar-refractivity contribution in [2.75, 3.05) is 0 Å². The second kappa shape index (κ2) is 15.0. The monoisotopic (exact) mass is 472 g/mol. The van der Waals surface area contributed by atoms with Crippen molar-refractivity contribution >= 4 is 11.3 Å². The van der Waals surface area contributed by atoms with E-state index in [1.807, 2.05) is 48.7 Å². The Hall–Kier alpha value is -4.99. The number of ether oxygens (including phenoxy) is 1. The Balaban J connectivity index is 0.000000334. The van der Waals surface area contributed by atoms with Crippen molar-refractivity contribution in [2.45, 2.75) is 19.6 Å². The van der Waals surface area contributed by atoms with Crippen LogP contribution < -0.4 is 10.5 Å². The van der Waals surface area contributed by atoms with E-state index in [0.717, 1.165) is 21.8 Å². The molecule has 0 aliphatic rings. The molecule has 168 valence electrons. The van der Waals surface area contributed by atoms with E-state index in [0.29, 0.717) is 11.4 Å². The summed E-state index contributed by atoms with van der Waals surface area (Å²) in [5, 5.41) is 12.3. The lowest BCUT2D eigenvalue weighted by molar-refractivity contribution is 0.292. The van der Waals surface area contributed by atoms with Crippen LogP contribution >= 0.6 is 11.3 Å². The molecule has 2 aromatic heterocycles. The molecule has 0 spiro atoms. The number of thiazole rings is 1. The molecule has 0 saturated carbocycles. The van der Waals surface area contributed by atoms with Crippen molar-refractivity contribution in [3.05, 3.63) is 129 Å². The van der Waals surface area contributed by atoms with Crippen molar-refractivity contribution in [1.29, 1.82) is 5.26 Å². The Bertz CT molecular complexity index is 1500. The largest absolute Gasteiger partial charge is 0.469 e. The first-order valence-electron chi connectivity index (χ1n) is 10.2. The van der Waals surface area contributed by atoms with Gasteiger partial charge in [-0.15, -0.1) is 11.3 Å². The van der Waals surface area contributed by atoms with E-state index < -0.39 is 0 Å². The highest BCUT2D eigenvalue weighted by molar-refractivity contribution is 7.09. The molecule has 5 nitrogen and oxygen atoms in total. The zero-order valence-electron chi connectivity index (χ0n) is 19.1. The van der Waals surface area contributed by atoms with E-state index in [9.17, 15) is 5.26 Å². The topological polar surface area (TPSA) is 84.8 Å². The maximum absolute atomic E-state index is 9.54. The van der Waals surface area contributed by atoms with Crippen LogP contribution in [0.4, 0.5) is 0 Å². The van der Waals surface area contributed by atoms with Crippen molar-refractivity contribution in [3.63, 3.8) is 0 Å². The van der Waals surface area contributed by atoms with Gasteiger partial charge in [0, 0.05) is 23.2 Å². The average molecular weight is 473 g/mol. The van der Waals surface area contributed by atoms with Crippen LogP contribution in [0, 0.1) is 11.3 Å². The molecule has 1 aromatic carbocycles. The van der Waals surface area contributed by atoms with Crippen molar-refractivity contribution in [2.24, 2.45) is 5.73 Å². The van der Waals surface area contributed by atoms with Crippen LogP contribution in [0.15, 0.2) is 113 Å². The molecule has 35 heavy (non-hydrogen) atoms. The number of pyridine rings is 1. The fourth-order valence-electron chi connectivity index (χ4n) is 2.49. The fourth-order valence-corrected chi connectivity index (χ4v) is 3.30. The maximum atomic E-state index is 9.54. The van der Waals surface area contributed by atoms with Crippen LogP contribution in [0.25, 0.3) is 11.1 Å². The lowest BCUT2D eigenvalue weighted by Crippen LogP contribution is -2.06. The van der Waals surface area contributed by atoms with Gasteiger partial charge in [-0.1, -0.05) is 41.8 Å². The fraction of sp³-hybridized carbons (Fsp3) is 0.103. The molecule has 0 unspecified atom stereocenters. The Labute approximate surface area is 208 Å². The first kappa shape index (κ1) is 26.3. The number of benzene rings is 1. The minimum absolute atomic E-state index is 0.107. The molecule has 2 heterocycles. The number of nitrogens with two attached hydrogens (primary N) is 1. The van der Waals surface area contributed by atoms with Gasteiger partial charge >= 0.3 is 0 Å². The quantitative estimate of drug-likeness (QED) is 0.469. The third-order valence-electron chi connectivity index (χ3n) is 4.03. The molecule has 0 radical (unpaired) electrons. The first-order chi connectivity index (χ1) is 17.1. The summed E-state index contributed by atoms with van der Waals surface area (Å²) in [6.07, 6.45) is 1.65. The van der Waals surface area contributed by atoms with E-state index in [4.69, 9.17) is 10.5 Å². The molecule has 3 aromatic rings. The molecule has 3 rings (SSSR count). The number of nitrogens with zero attached hydrogens (tertiary/aromatic N) is 3. The van der Waals surface area contributed by atoms with Gasteiger partial charge in [0.2, 0.25) is 5.88 Å². The summed E-state index contributed by atoms with van der Waals surface area (Å²) in [5.74, 6) is 0.316. The predicted octanol–water partition coefficient (Wildman–Crippen LogP) is 5.87. The van der Waals surface area contributed by atoms with E-state index >= 15 is 0 Å². The highest BCUT2D eigenvalue weighted by Gasteiger charge is 2.13. The third kappa shape index (κ3) is 8.81. The minimum Gasteiger partial charge on any atom is -0.469 e. The molecule has 0 aliphatic heterocycles. The van der Waals surface area contributed by atoms with Crippen LogP contribution in [0.3, 0.4) is 0 Å². The van der Waals surface area contributed by atoms with Crippen LogP contribution in [-0.4, -0.2) is 9.97 Å². The van der Waals surface area contributed by atoms with E-state index in [1.54, 1.807) is 6.20 Å². The molecule has 0 saturated heterocycles. The van der Waals surface area contributed by atoms with Crippen LogP contribution in [0.2, 0.25) is 0 Å². The van der Waals surface area contributed by atoms with Crippen molar-refractivity contribution < 1.29 is 4.74 Å². The van der Waals surface area contributed by atoms with Gasteiger partial charge in [-0.3, -0.25) is 0 Å². The van der Waals surface area contributed by atoms with Gasteiger partial charge in [-0.2, -0.15) is 5.26 Å². The molecule has 1 atom stereocenters.